The molecule has 0 aliphatic carbocycles. The number of sulfone groups is 1. The minimum absolute atomic E-state index is 0.180. The molecule has 2 aromatic heterocycles. The number of nitrogens with zero attached hydrogens (tertiary/aromatic N) is 3. The SMILES string of the molecule is CS(=O)(=O)c1ccc(-c2cnn(Cc3nccs3)c(=O)c2-c2ccc(F)cc2)cc1. The molecule has 2 aromatic carbocycles. The van der Waals surface area contributed by atoms with E-state index in [1.807, 2.05) is 5.38 Å². The van der Waals surface area contributed by atoms with Gasteiger partial charge in [-0.15, -0.1) is 11.3 Å². The Hall–Kier alpha value is -3.17. The molecule has 30 heavy (non-hydrogen) atoms. The largest absolute Gasteiger partial charge is 0.275 e. The summed E-state index contributed by atoms with van der Waals surface area (Å²) in [6.45, 7) is 0.220. The van der Waals surface area contributed by atoms with Crippen LogP contribution in [0, 0.1) is 5.82 Å². The molecule has 0 saturated heterocycles. The van der Waals surface area contributed by atoms with Crippen LogP contribution in [0.5, 0.6) is 0 Å². The normalized spacial score (nSPS) is 11.5. The smallest absolute Gasteiger partial charge is 0.267 e. The first-order valence-corrected chi connectivity index (χ1v) is 11.6. The first-order chi connectivity index (χ1) is 14.3. The lowest BCUT2D eigenvalue weighted by Gasteiger charge is -2.12. The quantitative estimate of drug-likeness (QED) is 0.472. The molecule has 0 saturated carbocycles. The van der Waals surface area contributed by atoms with E-state index in [2.05, 4.69) is 10.1 Å². The van der Waals surface area contributed by atoms with Crippen LogP contribution in [0.15, 0.2) is 76.0 Å². The number of thiazole rings is 1. The maximum absolute atomic E-state index is 13.5. The second-order valence-electron chi connectivity index (χ2n) is 6.63. The molecule has 0 unspecified atom stereocenters. The topological polar surface area (TPSA) is 81.9 Å². The molecule has 4 aromatic rings. The van der Waals surface area contributed by atoms with Gasteiger partial charge in [0.05, 0.1) is 23.2 Å². The summed E-state index contributed by atoms with van der Waals surface area (Å²) in [5, 5.41) is 6.84. The van der Waals surface area contributed by atoms with Crippen LogP contribution in [0.4, 0.5) is 4.39 Å². The second-order valence-corrected chi connectivity index (χ2v) is 9.62. The van der Waals surface area contributed by atoms with Crippen molar-refractivity contribution < 1.29 is 12.8 Å². The number of halogens is 1. The fraction of sp³-hybridized carbons (Fsp3) is 0.0952. The molecule has 0 spiro atoms. The van der Waals surface area contributed by atoms with Gasteiger partial charge in [0.2, 0.25) is 0 Å². The molecule has 0 aliphatic rings. The minimum atomic E-state index is -3.34. The van der Waals surface area contributed by atoms with E-state index in [4.69, 9.17) is 0 Å². The van der Waals surface area contributed by atoms with Gasteiger partial charge in [-0.05, 0) is 35.4 Å². The van der Waals surface area contributed by atoms with Crippen molar-refractivity contribution >= 4 is 21.2 Å². The van der Waals surface area contributed by atoms with E-state index in [9.17, 15) is 17.6 Å². The van der Waals surface area contributed by atoms with Crippen molar-refractivity contribution in [1.29, 1.82) is 0 Å². The summed E-state index contributed by atoms with van der Waals surface area (Å²) >= 11 is 1.42. The average molecular weight is 442 g/mol. The number of aromatic nitrogens is 3. The minimum Gasteiger partial charge on any atom is -0.267 e. The number of benzene rings is 2. The average Bonchev–Trinajstić information content (AvgIpc) is 3.23. The summed E-state index contributed by atoms with van der Waals surface area (Å²) in [6, 6.07) is 11.9. The van der Waals surface area contributed by atoms with Crippen LogP contribution in [-0.4, -0.2) is 29.4 Å². The molecule has 152 valence electrons. The maximum atomic E-state index is 13.5. The van der Waals surface area contributed by atoms with Crippen molar-refractivity contribution in [2.45, 2.75) is 11.4 Å². The van der Waals surface area contributed by atoms with Crippen LogP contribution >= 0.6 is 11.3 Å². The Labute approximate surface area is 176 Å². The van der Waals surface area contributed by atoms with Crippen molar-refractivity contribution in [2.24, 2.45) is 0 Å². The van der Waals surface area contributed by atoms with E-state index in [1.54, 1.807) is 24.5 Å². The summed E-state index contributed by atoms with van der Waals surface area (Å²) in [6.07, 6.45) is 4.35. The predicted molar refractivity (Wildman–Crippen MR) is 114 cm³/mol. The van der Waals surface area contributed by atoms with Gasteiger partial charge >= 0.3 is 0 Å². The molecule has 4 rings (SSSR count). The summed E-state index contributed by atoms with van der Waals surface area (Å²) in [4.78, 5) is 17.7. The van der Waals surface area contributed by atoms with Gasteiger partial charge in [-0.2, -0.15) is 5.10 Å². The first kappa shape index (κ1) is 20.1. The van der Waals surface area contributed by atoms with Gasteiger partial charge in [-0.3, -0.25) is 4.79 Å². The molecular formula is C21H16FN3O3S2. The molecular weight excluding hydrogens is 425 g/mol. The lowest BCUT2D eigenvalue weighted by molar-refractivity contribution is 0.602. The van der Waals surface area contributed by atoms with Crippen molar-refractivity contribution in [2.75, 3.05) is 6.26 Å². The Kier molecular flexibility index (Phi) is 5.31. The van der Waals surface area contributed by atoms with E-state index < -0.39 is 15.7 Å². The van der Waals surface area contributed by atoms with Crippen molar-refractivity contribution in [3.8, 4) is 22.3 Å². The third-order valence-electron chi connectivity index (χ3n) is 4.54. The molecule has 6 nitrogen and oxygen atoms in total. The highest BCUT2D eigenvalue weighted by molar-refractivity contribution is 7.90. The second kappa shape index (κ2) is 7.92. The Bertz CT molecular complexity index is 1350. The number of hydrogen-bond donors (Lipinski definition) is 0. The van der Waals surface area contributed by atoms with Crippen LogP contribution in [-0.2, 0) is 16.4 Å². The van der Waals surface area contributed by atoms with Gasteiger partial charge in [0.25, 0.3) is 5.56 Å². The third-order valence-corrected chi connectivity index (χ3v) is 6.43. The molecule has 0 amide bonds. The molecule has 0 bridgehead atoms. The van der Waals surface area contributed by atoms with Gasteiger partial charge in [-0.1, -0.05) is 24.3 Å². The zero-order valence-corrected chi connectivity index (χ0v) is 17.5. The lowest BCUT2D eigenvalue weighted by Crippen LogP contribution is -2.25. The predicted octanol–water partition coefficient (Wildman–Crippen LogP) is 3.62. The van der Waals surface area contributed by atoms with Gasteiger partial charge in [0.15, 0.2) is 9.84 Å². The standard InChI is InChI=1S/C21H16FN3O3S2/c1-30(27,28)17-8-4-14(5-9-17)18-12-24-25(13-19-23-10-11-29-19)21(26)20(18)15-2-6-16(22)7-3-15/h2-12H,13H2,1H3. The lowest BCUT2D eigenvalue weighted by atomic mass is 9.97. The van der Waals surface area contributed by atoms with Crippen LogP contribution in [0.25, 0.3) is 22.3 Å². The summed E-state index contributed by atoms with van der Waals surface area (Å²) in [5.74, 6) is -0.407. The molecule has 0 fully saturated rings. The van der Waals surface area contributed by atoms with E-state index in [0.29, 0.717) is 22.3 Å². The first-order valence-electron chi connectivity index (χ1n) is 8.88. The highest BCUT2D eigenvalue weighted by Crippen LogP contribution is 2.29. The zero-order chi connectivity index (χ0) is 21.3. The van der Waals surface area contributed by atoms with Crippen LogP contribution < -0.4 is 5.56 Å². The van der Waals surface area contributed by atoms with E-state index in [0.717, 1.165) is 11.3 Å². The monoisotopic (exact) mass is 441 g/mol. The van der Waals surface area contributed by atoms with E-state index in [1.165, 1.54) is 52.4 Å². The maximum Gasteiger partial charge on any atom is 0.275 e. The molecule has 0 atom stereocenters. The number of hydrogen-bond acceptors (Lipinski definition) is 6. The molecule has 2 heterocycles. The Morgan fingerprint density at radius 1 is 1.03 bits per heavy atom. The molecule has 0 radical (unpaired) electrons. The molecule has 9 heteroatoms. The fourth-order valence-electron chi connectivity index (χ4n) is 3.06. The Balaban J connectivity index is 1.88. The van der Waals surface area contributed by atoms with Crippen molar-refractivity contribution in [1.82, 2.24) is 14.8 Å². The van der Waals surface area contributed by atoms with E-state index in [-0.39, 0.29) is 17.0 Å². The zero-order valence-electron chi connectivity index (χ0n) is 15.8. The summed E-state index contributed by atoms with van der Waals surface area (Å²) in [5.41, 5.74) is 1.71. The van der Waals surface area contributed by atoms with E-state index >= 15 is 0 Å². The van der Waals surface area contributed by atoms with Crippen LogP contribution in [0.2, 0.25) is 0 Å². The fourth-order valence-corrected chi connectivity index (χ4v) is 4.28. The molecule has 0 N–H and O–H groups in total. The Morgan fingerprint density at radius 2 is 1.70 bits per heavy atom. The summed E-state index contributed by atoms with van der Waals surface area (Å²) < 4.78 is 38.3. The van der Waals surface area contributed by atoms with Gasteiger partial charge in [-0.25, -0.2) is 22.5 Å². The summed E-state index contributed by atoms with van der Waals surface area (Å²) in [7, 11) is -3.34. The highest BCUT2D eigenvalue weighted by atomic mass is 32.2. The molecule has 0 aliphatic heterocycles. The Morgan fingerprint density at radius 3 is 2.30 bits per heavy atom. The van der Waals surface area contributed by atoms with Crippen LogP contribution in [0.3, 0.4) is 0 Å². The van der Waals surface area contributed by atoms with Gasteiger partial charge in [0.1, 0.15) is 10.8 Å². The highest BCUT2D eigenvalue weighted by Gasteiger charge is 2.17. The third kappa shape index (κ3) is 4.07. The van der Waals surface area contributed by atoms with Gasteiger partial charge < -0.3 is 0 Å². The number of rotatable bonds is 5. The van der Waals surface area contributed by atoms with Crippen molar-refractivity contribution in [3.05, 3.63) is 87.5 Å². The van der Waals surface area contributed by atoms with Crippen LogP contribution in [0.1, 0.15) is 5.01 Å². The van der Waals surface area contributed by atoms with Crippen molar-refractivity contribution in [3.63, 3.8) is 0 Å². The van der Waals surface area contributed by atoms with Gasteiger partial charge in [0, 0.05) is 23.4 Å².